The van der Waals surface area contributed by atoms with E-state index in [0.717, 1.165) is 96.8 Å². The number of unbranched alkanes of at least 4 members (excludes halogenated alkanes) is 12. The van der Waals surface area contributed by atoms with Crippen LogP contribution >= 0.6 is 0 Å². The lowest BCUT2D eigenvalue weighted by atomic mass is 9.98. The van der Waals surface area contributed by atoms with Crippen LogP contribution in [0.3, 0.4) is 0 Å². The Morgan fingerprint density at radius 3 is 1.70 bits per heavy atom. The summed E-state index contributed by atoms with van der Waals surface area (Å²) in [5.74, 6) is -2.54. The van der Waals surface area contributed by atoms with E-state index in [1.165, 1.54) is 0 Å². The Labute approximate surface area is 413 Å². The Kier molecular flexibility index (Phi) is 29.8. The third-order valence-electron chi connectivity index (χ3n) is 13.1. The molecule has 3 aliphatic heterocycles. The molecule has 21 heteroatoms. The summed E-state index contributed by atoms with van der Waals surface area (Å²) in [7, 11) is 0. The molecule has 3 aliphatic rings. The topological polar surface area (TPSA) is 327 Å². The predicted molar refractivity (Wildman–Crippen MR) is 248 cm³/mol. The van der Waals surface area contributed by atoms with Crippen LogP contribution in [-0.4, -0.2) is 193 Å². The molecule has 3 rings (SSSR count). The van der Waals surface area contributed by atoms with Crippen molar-refractivity contribution in [1.29, 1.82) is 0 Å². The molecule has 0 aromatic rings. The largest absolute Gasteiger partial charge is 0.479 e. The summed E-state index contributed by atoms with van der Waals surface area (Å²) in [5.41, 5.74) is 0. The lowest BCUT2D eigenvalue weighted by molar-refractivity contribution is -0.380. The summed E-state index contributed by atoms with van der Waals surface area (Å²) < 4.78 is 46.6. The van der Waals surface area contributed by atoms with E-state index >= 15 is 0 Å². The van der Waals surface area contributed by atoms with Gasteiger partial charge in [-0.2, -0.15) is 0 Å². The second-order valence-corrected chi connectivity index (χ2v) is 19.7. The quantitative estimate of drug-likeness (QED) is 0.0321. The van der Waals surface area contributed by atoms with Crippen LogP contribution in [0.1, 0.15) is 163 Å². The van der Waals surface area contributed by atoms with Gasteiger partial charge in [0.1, 0.15) is 61.5 Å². The van der Waals surface area contributed by atoms with Crippen LogP contribution in [0.2, 0.25) is 0 Å². The first-order chi connectivity index (χ1) is 33.3. The number of aliphatic carboxylic acids is 1. The van der Waals surface area contributed by atoms with E-state index in [4.69, 9.17) is 43.0 Å². The van der Waals surface area contributed by atoms with Crippen molar-refractivity contribution >= 4 is 17.9 Å². The number of carbonyl (C=O) groups is 3. The molecular formula is C49H88O21. The average Bonchev–Trinajstić information content (AvgIpc) is 3.31. The zero-order chi connectivity index (χ0) is 51.8. The minimum absolute atomic E-state index is 0.0270. The summed E-state index contributed by atoms with van der Waals surface area (Å²) >= 11 is 0. The maximum absolute atomic E-state index is 12.3. The zero-order valence-corrected chi connectivity index (χ0v) is 41.8. The van der Waals surface area contributed by atoms with Gasteiger partial charge in [0.2, 0.25) is 0 Å². The van der Waals surface area contributed by atoms with Gasteiger partial charge in [-0.25, -0.2) is 4.79 Å². The average molecular weight is 1010 g/mol. The molecule has 0 spiro atoms. The SMILES string of the molecule is CCCC[C@@H](CCC[C@H](O)[C@@H](O)CCCCCCCCCCCCCC[C@H](O)C(=O)O)OC1OC[C@H](O)[C@@H](O)[C@@H]1O[C@H]1OC[C@H](OC(C)=O)[C@@H](O)[C@@H]1O[C@H]1O[C@@H](COC(=O)CC(C)C)[C@H](O)[C@@H](O)[C@@H]1O. The van der Waals surface area contributed by atoms with E-state index in [9.17, 15) is 60.3 Å². The first-order valence-corrected chi connectivity index (χ1v) is 25.9. The van der Waals surface area contributed by atoms with Crippen molar-refractivity contribution in [3.8, 4) is 0 Å². The Morgan fingerprint density at radius 1 is 0.600 bits per heavy atom. The van der Waals surface area contributed by atoms with E-state index in [1.54, 1.807) is 0 Å². The Morgan fingerprint density at radius 2 is 1.13 bits per heavy atom. The molecule has 0 radical (unpaired) electrons. The van der Waals surface area contributed by atoms with Crippen molar-refractivity contribution in [2.24, 2.45) is 5.92 Å². The zero-order valence-electron chi connectivity index (χ0n) is 41.8. The van der Waals surface area contributed by atoms with Crippen LogP contribution < -0.4 is 0 Å². The van der Waals surface area contributed by atoms with Gasteiger partial charge in [0.05, 0.1) is 31.5 Å². The summed E-state index contributed by atoms with van der Waals surface area (Å²) in [6.07, 6.45) is -7.89. The van der Waals surface area contributed by atoms with Crippen molar-refractivity contribution in [3.05, 3.63) is 0 Å². The van der Waals surface area contributed by atoms with Gasteiger partial charge >= 0.3 is 17.9 Å². The number of aliphatic hydroxyl groups is 9. The number of hydrogen-bond acceptors (Lipinski definition) is 20. The number of carbonyl (C=O) groups excluding carboxylic acids is 2. The number of ether oxygens (including phenoxy) is 8. The normalized spacial score (nSPS) is 31.2. The number of carboxylic acid groups (broad SMARTS) is 1. The summed E-state index contributed by atoms with van der Waals surface area (Å²) in [6, 6.07) is 0. The highest BCUT2D eigenvalue weighted by molar-refractivity contribution is 5.71. The molecule has 10 N–H and O–H groups in total. The Bertz CT molecular complexity index is 1440. The third kappa shape index (κ3) is 22.1. The van der Waals surface area contributed by atoms with Crippen LogP contribution in [0.4, 0.5) is 0 Å². The van der Waals surface area contributed by atoms with Crippen LogP contribution in [0.5, 0.6) is 0 Å². The molecule has 0 aliphatic carbocycles. The van der Waals surface area contributed by atoms with Crippen molar-refractivity contribution in [2.45, 2.75) is 267 Å². The lowest BCUT2D eigenvalue weighted by Gasteiger charge is -2.46. The highest BCUT2D eigenvalue weighted by Crippen LogP contribution is 2.33. The molecule has 0 amide bonds. The van der Waals surface area contributed by atoms with Gasteiger partial charge in [-0.05, 0) is 44.4 Å². The van der Waals surface area contributed by atoms with Crippen LogP contribution in [0.15, 0.2) is 0 Å². The molecular weight excluding hydrogens is 925 g/mol. The summed E-state index contributed by atoms with van der Waals surface area (Å²) in [4.78, 5) is 34.9. The van der Waals surface area contributed by atoms with Gasteiger partial charge in [0.15, 0.2) is 31.1 Å². The second-order valence-electron chi connectivity index (χ2n) is 19.7. The number of esters is 2. The second kappa shape index (κ2) is 33.6. The smallest absolute Gasteiger partial charge is 0.332 e. The molecule has 3 heterocycles. The molecule has 3 saturated heterocycles. The highest BCUT2D eigenvalue weighted by Gasteiger charge is 2.52. The van der Waals surface area contributed by atoms with E-state index in [2.05, 4.69) is 0 Å². The maximum Gasteiger partial charge on any atom is 0.332 e. The number of aliphatic hydroxyl groups excluding tert-OH is 9. The standard InChI is InChI=1S/C49H88O21/c1-5-6-20-31(21-19-24-33(52)32(51)22-17-15-13-11-9-7-8-10-12-14-16-18-23-34(53)46(61)62)67-48-44(39(56)35(54)26-64-48)70-49-45(41(58)37(28-65-49)66-30(4)50)69-47-43(60)42(59)40(57)36(68-47)27-63-38(55)25-29(2)3/h29,31-37,39-45,47-49,51-54,56-60H,5-28H2,1-4H3,(H,61,62)/t31-,32-,33-,34-,35-,36-,37-,39+,40-,41+,42+,43-,44-,45-,47+,48?,49+/m0/s1. The third-order valence-corrected chi connectivity index (χ3v) is 13.1. The van der Waals surface area contributed by atoms with E-state index in [1.807, 2.05) is 20.8 Å². The highest BCUT2D eigenvalue weighted by atomic mass is 16.8. The lowest BCUT2D eigenvalue weighted by Crippen LogP contribution is -2.65. The maximum atomic E-state index is 12.3. The molecule has 1 unspecified atom stereocenters. The monoisotopic (exact) mass is 1010 g/mol. The summed E-state index contributed by atoms with van der Waals surface area (Å²) in [6.45, 7) is 5.49. The molecule has 70 heavy (non-hydrogen) atoms. The van der Waals surface area contributed by atoms with E-state index in [-0.39, 0.29) is 18.9 Å². The van der Waals surface area contributed by atoms with Gasteiger partial charge in [-0.1, -0.05) is 111 Å². The molecule has 17 atom stereocenters. The molecule has 0 aromatic carbocycles. The van der Waals surface area contributed by atoms with Crippen molar-refractivity contribution in [1.82, 2.24) is 0 Å². The summed E-state index contributed by atoms with van der Waals surface area (Å²) in [5, 5.41) is 105. The first kappa shape index (κ1) is 62.1. The van der Waals surface area contributed by atoms with Crippen molar-refractivity contribution in [2.75, 3.05) is 19.8 Å². The minimum atomic E-state index is -1.91. The number of carboxylic acids is 1. The fourth-order valence-electron chi connectivity index (χ4n) is 8.83. The molecule has 0 aromatic heterocycles. The Balaban J connectivity index is 1.53. The van der Waals surface area contributed by atoms with Crippen LogP contribution in [0, 0.1) is 5.92 Å². The molecule has 21 nitrogen and oxygen atoms in total. The molecule has 410 valence electrons. The van der Waals surface area contributed by atoms with Crippen molar-refractivity contribution < 1.29 is 103 Å². The fourth-order valence-corrected chi connectivity index (χ4v) is 8.83. The van der Waals surface area contributed by atoms with Gasteiger partial charge in [-0.15, -0.1) is 0 Å². The van der Waals surface area contributed by atoms with Gasteiger partial charge in [-0.3, -0.25) is 9.59 Å². The van der Waals surface area contributed by atoms with Gasteiger partial charge in [0.25, 0.3) is 0 Å². The van der Waals surface area contributed by atoms with Crippen molar-refractivity contribution in [3.63, 3.8) is 0 Å². The fraction of sp³-hybridized carbons (Fsp3) is 0.939. The number of hydrogen-bond donors (Lipinski definition) is 10. The van der Waals surface area contributed by atoms with E-state index < -0.39 is 135 Å². The van der Waals surface area contributed by atoms with Crippen LogP contribution in [0.25, 0.3) is 0 Å². The van der Waals surface area contributed by atoms with Gasteiger partial charge < -0.3 is 89.0 Å². The molecule has 0 saturated carbocycles. The van der Waals surface area contributed by atoms with Crippen LogP contribution in [-0.2, 0) is 52.3 Å². The van der Waals surface area contributed by atoms with Gasteiger partial charge in [0, 0.05) is 13.3 Å². The van der Waals surface area contributed by atoms with E-state index in [0.29, 0.717) is 38.5 Å². The first-order valence-electron chi connectivity index (χ1n) is 25.9. The number of rotatable bonds is 35. The predicted octanol–water partition coefficient (Wildman–Crippen LogP) is 2.26. The Hall–Kier alpha value is -2.19. The molecule has 3 fully saturated rings. The minimum Gasteiger partial charge on any atom is -0.479 e. The molecule has 0 bridgehead atoms.